The third kappa shape index (κ3) is 3.96. The van der Waals surface area contributed by atoms with E-state index < -0.39 is 10.0 Å². The zero-order chi connectivity index (χ0) is 13.1. The number of benzene rings is 1. The largest absolute Gasteiger partial charge is 0.380 e. The van der Waals surface area contributed by atoms with Gasteiger partial charge in [-0.05, 0) is 37.6 Å². The smallest absolute Gasteiger partial charge is 0.240 e. The van der Waals surface area contributed by atoms with Crippen molar-refractivity contribution in [1.29, 1.82) is 0 Å². The predicted octanol–water partition coefficient (Wildman–Crippen LogP) is 1.96. The van der Waals surface area contributed by atoms with Crippen molar-refractivity contribution in [3.63, 3.8) is 0 Å². The lowest BCUT2D eigenvalue weighted by molar-refractivity contribution is 0.122. The fourth-order valence-electron chi connectivity index (χ4n) is 1.30. The van der Waals surface area contributed by atoms with Crippen molar-refractivity contribution >= 4 is 21.6 Å². The number of methoxy groups -OCH3 is 1. The van der Waals surface area contributed by atoms with Crippen LogP contribution in [0, 0.1) is 6.92 Å². The minimum absolute atomic E-state index is 0.169. The van der Waals surface area contributed by atoms with E-state index in [9.17, 15) is 8.42 Å². The molecule has 1 aromatic carbocycles. The van der Waals surface area contributed by atoms with Crippen molar-refractivity contribution in [2.75, 3.05) is 13.7 Å². The van der Waals surface area contributed by atoms with E-state index in [1.807, 2.05) is 0 Å². The number of halogens is 1. The van der Waals surface area contributed by atoms with Crippen molar-refractivity contribution in [3.8, 4) is 0 Å². The molecule has 0 radical (unpaired) electrons. The van der Waals surface area contributed by atoms with E-state index in [4.69, 9.17) is 16.3 Å². The van der Waals surface area contributed by atoms with E-state index in [2.05, 4.69) is 4.72 Å². The topological polar surface area (TPSA) is 55.4 Å². The molecule has 1 aromatic rings. The highest BCUT2D eigenvalue weighted by Gasteiger charge is 2.17. The number of hydrogen-bond donors (Lipinski definition) is 1. The first-order valence-corrected chi connectivity index (χ1v) is 7.01. The molecule has 0 aliphatic carbocycles. The van der Waals surface area contributed by atoms with Crippen LogP contribution in [0.3, 0.4) is 0 Å². The second kappa shape index (κ2) is 5.82. The molecular formula is C11H16ClNO3S. The third-order valence-corrected chi connectivity index (χ3v) is 4.21. The minimum atomic E-state index is -3.50. The molecule has 1 unspecified atom stereocenters. The highest BCUT2D eigenvalue weighted by Crippen LogP contribution is 2.19. The normalized spacial score (nSPS) is 13.6. The molecule has 17 heavy (non-hydrogen) atoms. The lowest BCUT2D eigenvalue weighted by Crippen LogP contribution is -2.32. The summed E-state index contributed by atoms with van der Waals surface area (Å²) in [4.78, 5) is 0.241. The molecule has 0 heterocycles. The van der Waals surface area contributed by atoms with Crippen molar-refractivity contribution in [3.05, 3.63) is 28.8 Å². The Hall–Kier alpha value is -0.620. The Balaban J connectivity index is 2.90. The van der Waals surface area contributed by atoms with Gasteiger partial charge >= 0.3 is 0 Å². The van der Waals surface area contributed by atoms with Gasteiger partial charge in [-0.2, -0.15) is 0 Å². The van der Waals surface area contributed by atoms with Gasteiger partial charge in [-0.25, -0.2) is 13.1 Å². The van der Waals surface area contributed by atoms with Crippen molar-refractivity contribution in [2.24, 2.45) is 0 Å². The van der Waals surface area contributed by atoms with Gasteiger partial charge in [0.2, 0.25) is 10.0 Å². The monoisotopic (exact) mass is 277 g/mol. The van der Waals surface area contributed by atoms with Crippen LogP contribution in [-0.2, 0) is 14.8 Å². The molecule has 0 saturated heterocycles. The molecule has 1 N–H and O–H groups in total. The molecule has 0 amide bonds. The molecule has 0 aliphatic rings. The van der Waals surface area contributed by atoms with Gasteiger partial charge in [-0.1, -0.05) is 11.6 Å². The molecule has 0 fully saturated rings. The van der Waals surface area contributed by atoms with Crippen LogP contribution >= 0.6 is 11.6 Å². The summed E-state index contributed by atoms with van der Waals surface area (Å²) in [6, 6.07) is 4.68. The number of nitrogens with one attached hydrogen (secondary N) is 1. The number of aryl methyl sites for hydroxylation is 1. The molecule has 4 nitrogen and oxygen atoms in total. The Bertz CT molecular complexity index is 487. The molecule has 0 saturated carbocycles. The Morgan fingerprint density at radius 3 is 2.65 bits per heavy atom. The maximum absolute atomic E-state index is 12.0. The number of hydrogen-bond acceptors (Lipinski definition) is 3. The van der Waals surface area contributed by atoms with Crippen molar-refractivity contribution < 1.29 is 13.2 Å². The van der Waals surface area contributed by atoms with Crippen LogP contribution in [0.1, 0.15) is 12.5 Å². The molecule has 96 valence electrons. The summed E-state index contributed by atoms with van der Waals surface area (Å²) in [5.41, 5.74) is 0.620. The maximum Gasteiger partial charge on any atom is 0.240 e. The molecule has 6 heteroatoms. The van der Waals surface area contributed by atoms with E-state index in [0.717, 1.165) is 0 Å². The molecular weight excluding hydrogens is 262 g/mol. The highest BCUT2D eigenvalue weighted by atomic mass is 35.5. The lowest BCUT2D eigenvalue weighted by atomic mass is 10.2. The van der Waals surface area contributed by atoms with E-state index in [1.165, 1.54) is 13.2 Å². The van der Waals surface area contributed by atoms with Gasteiger partial charge in [-0.15, -0.1) is 0 Å². The standard InChI is InChI=1S/C11H16ClNO3S/c1-8-6-10(12)4-5-11(8)17(14,15)13-7-9(2)16-3/h4-6,9,13H,7H2,1-3H3. The Morgan fingerprint density at radius 2 is 2.12 bits per heavy atom. The molecule has 0 aromatic heterocycles. The van der Waals surface area contributed by atoms with Crippen LogP contribution in [0.4, 0.5) is 0 Å². The van der Waals surface area contributed by atoms with E-state index in [0.29, 0.717) is 10.6 Å². The van der Waals surface area contributed by atoms with Gasteiger partial charge in [0.25, 0.3) is 0 Å². The van der Waals surface area contributed by atoms with E-state index >= 15 is 0 Å². The summed E-state index contributed by atoms with van der Waals surface area (Å²) in [6.07, 6.45) is -0.169. The summed E-state index contributed by atoms with van der Waals surface area (Å²) in [5.74, 6) is 0. The summed E-state index contributed by atoms with van der Waals surface area (Å²) >= 11 is 5.78. The first-order chi connectivity index (χ1) is 7.86. The van der Waals surface area contributed by atoms with Gasteiger partial charge in [0.05, 0.1) is 11.0 Å². The van der Waals surface area contributed by atoms with Crippen LogP contribution < -0.4 is 4.72 Å². The van der Waals surface area contributed by atoms with Gasteiger partial charge < -0.3 is 4.74 Å². The molecule has 0 spiro atoms. The zero-order valence-corrected chi connectivity index (χ0v) is 11.6. The molecule has 0 bridgehead atoms. The van der Waals surface area contributed by atoms with E-state index in [1.54, 1.807) is 26.0 Å². The van der Waals surface area contributed by atoms with Crippen LogP contribution in [0.2, 0.25) is 5.02 Å². The Morgan fingerprint density at radius 1 is 1.47 bits per heavy atom. The van der Waals surface area contributed by atoms with Crippen molar-refractivity contribution in [2.45, 2.75) is 24.8 Å². The predicted molar refractivity (Wildman–Crippen MR) is 67.8 cm³/mol. The average molecular weight is 278 g/mol. The zero-order valence-electron chi connectivity index (χ0n) is 10.0. The summed E-state index contributed by atoms with van der Waals surface area (Å²) in [6.45, 7) is 3.73. The van der Waals surface area contributed by atoms with Crippen LogP contribution in [0.5, 0.6) is 0 Å². The number of rotatable bonds is 5. The van der Waals surface area contributed by atoms with Crippen LogP contribution in [-0.4, -0.2) is 28.2 Å². The second-order valence-electron chi connectivity index (χ2n) is 3.81. The number of sulfonamides is 1. The van der Waals surface area contributed by atoms with Crippen LogP contribution in [0.15, 0.2) is 23.1 Å². The Kier molecular flexibility index (Phi) is 4.94. The molecule has 0 aliphatic heterocycles. The van der Waals surface area contributed by atoms with Gasteiger partial charge in [0.15, 0.2) is 0 Å². The second-order valence-corrected chi connectivity index (χ2v) is 5.98. The number of ether oxygens (including phenoxy) is 1. The molecule has 1 rings (SSSR count). The van der Waals surface area contributed by atoms with Crippen LogP contribution in [0.25, 0.3) is 0 Å². The lowest BCUT2D eigenvalue weighted by Gasteiger charge is -2.12. The quantitative estimate of drug-likeness (QED) is 0.895. The molecule has 1 atom stereocenters. The summed E-state index contributed by atoms with van der Waals surface area (Å²) in [5, 5.41) is 0.520. The fourth-order valence-corrected chi connectivity index (χ4v) is 2.87. The highest BCUT2D eigenvalue weighted by molar-refractivity contribution is 7.89. The summed E-state index contributed by atoms with van der Waals surface area (Å²) < 4.78 is 31.4. The third-order valence-electron chi connectivity index (χ3n) is 2.39. The van der Waals surface area contributed by atoms with Gasteiger partial charge in [0.1, 0.15) is 0 Å². The van der Waals surface area contributed by atoms with Gasteiger partial charge in [-0.3, -0.25) is 0 Å². The first kappa shape index (κ1) is 14.4. The minimum Gasteiger partial charge on any atom is -0.380 e. The maximum atomic E-state index is 12.0. The SMILES string of the molecule is COC(C)CNS(=O)(=O)c1ccc(Cl)cc1C. The average Bonchev–Trinajstić information content (AvgIpc) is 2.25. The first-order valence-electron chi connectivity index (χ1n) is 5.15. The Labute approximate surface area is 107 Å². The van der Waals surface area contributed by atoms with Gasteiger partial charge in [0, 0.05) is 18.7 Å². The summed E-state index contributed by atoms with van der Waals surface area (Å²) in [7, 11) is -1.97. The fraction of sp³-hybridized carbons (Fsp3) is 0.455. The van der Waals surface area contributed by atoms with E-state index in [-0.39, 0.29) is 17.5 Å². The van der Waals surface area contributed by atoms with Crippen molar-refractivity contribution in [1.82, 2.24) is 4.72 Å².